The van der Waals surface area contributed by atoms with Crippen LogP contribution in [0.5, 0.6) is 0 Å². The SMILES string of the molecule is CCOC(=O)N1CCN(S(=O)(=O)CCNC(=O)c2ccc(C)cc2)CC1. The molecule has 0 spiro atoms. The fourth-order valence-electron chi connectivity index (χ4n) is 2.59. The third kappa shape index (κ3) is 5.43. The molecule has 0 atom stereocenters. The average Bonchev–Trinajstić information content (AvgIpc) is 2.62. The number of carbonyl (C=O) groups is 2. The summed E-state index contributed by atoms with van der Waals surface area (Å²) in [5.41, 5.74) is 1.54. The van der Waals surface area contributed by atoms with E-state index in [-0.39, 0.29) is 37.9 Å². The summed E-state index contributed by atoms with van der Waals surface area (Å²) in [7, 11) is -3.49. The molecule has 1 saturated heterocycles. The minimum Gasteiger partial charge on any atom is -0.450 e. The molecule has 2 rings (SSSR count). The molecule has 0 aromatic heterocycles. The molecule has 0 aliphatic carbocycles. The average molecular weight is 383 g/mol. The monoisotopic (exact) mass is 383 g/mol. The van der Waals surface area contributed by atoms with E-state index in [1.165, 1.54) is 9.21 Å². The molecule has 1 aromatic rings. The van der Waals surface area contributed by atoms with Crippen LogP contribution in [0.15, 0.2) is 24.3 Å². The Morgan fingerprint density at radius 3 is 2.31 bits per heavy atom. The Labute approximate surface area is 154 Å². The van der Waals surface area contributed by atoms with Gasteiger partial charge in [-0.3, -0.25) is 4.79 Å². The van der Waals surface area contributed by atoms with E-state index in [1.54, 1.807) is 19.1 Å². The van der Waals surface area contributed by atoms with Gasteiger partial charge in [0.05, 0.1) is 12.4 Å². The Hall–Kier alpha value is -2.13. The van der Waals surface area contributed by atoms with E-state index in [9.17, 15) is 18.0 Å². The number of amides is 2. The summed E-state index contributed by atoms with van der Waals surface area (Å²) in [6.45, 7) is 5.03. The number of nitrogens with zero attached hydrogens (tertiary/aromatic N) is 2. The van der Waals surface area contributed by atoms with Crippen molar-refractivity contribution in [3.63, 3.8) is 0 Å². The number of sulfonamides is 1. The lowest BCUT2D eigenvalue weighted by molar-refractivity contribution is 0.0928. The molecule has 144 valence electrons. The van der Waals surface area contributed by atoms with Crippen molar-refractivity contribution < 1.29 is 22.7 Å². The number of hydrogen-bond donors (Lipinski definition) is 1. The van der Waals surface area contributed by atoms with E-state index in [0.29, 0.717) is 18.7 Å². The largest absolute Gasteiger partial charge is 0.450 e. The van der Waals surface area contributed by atoms with Crippen LogP contribution in [0.2, 0.25) is 0 Å². The zero-order valence-corrected chi connectivity index (χ0v) is 15.9. The van der Waals surface area contributed by atoms with E-state index in [0.717, 1.165) is 5.56 Å². The molecule has 8 nitrogen and oxygen atoms in total. The highest BCUT2D eigenvalue weighted by atomic mass is 32.2. The Bertz CT molecular complexity index is 725. The molecular formula is C17H25N3O5S. The number of aryl methyl sites for hydroxylation is 1. The second-order valence-electron chi connectivity index (χ2n) is 6.02. The molecule has 1 aliphatic rings. The third-order valence-corrected chi connectivity index (χ3v) is 5.99. The Morgan fingerprint density at radius 2 is 1.73 bits per heavy atom. The minimum atomic E-state index is -3.49. The molecule has 26 heavy (non-hydrogen) atoms. The fraction of sp³-hybridized carbons (Fsp3) is 0.529. The Morgan fingerprint density at radius 1 is 1.12 bits per heavy atom. The van der Waals surface area contributed by atoms with Crippen molar-refractivity contribution in [3.8, 4) is 0 Å². The van der Waals surface area contributed by atoms with Crippen molar-refractivity contribution in [2.45, 2.75) is 13.8 Å². The van der Waals surface area contributed by atoms with Gasteiger partial charge < -0.3 is 15.0 Å². The molecule has 0 saturated carbocycles. The first-order valence-electron chi connectivity index (χ1n) is 8.58. The zero-order valence-electron chi connectivity index (χ0n) is 15.1. The molecule has 2 amide bonds. The van der Waals surface area contributed by atoms with Gasteiger partial charge in [-0.15, -0.1) is 0 Å². The number of nitrogens with one attached hydrogen (secondary N) is 1. The number of carbonyl (C=O) groups excluding carboxylic acids is 2. The number of benzene rings is 1. The van der Waals surface area contributed by atoms with E-state index in [1.807, 2.05) is 19.1 Å². The van der Waals surface area contributed by atoms with Crippen LogP contribution in [0.25, 0.3) is 0 Å². The molecule has 0 bridgehead atoms. The smallest absolute Gasteiger partial charge is 0.409 e. The van der Waals surface area contributed by atoms with E-state index < -0.39 is 16.1 Å². The molecule has 0 radical (unpaired) electrons. The second-order valence-corrected chi connectivity index (χ2v) is 8.11. The summed E-state index contributed by atoms with van der Waals surface area (Å²) in [5.74, 6) is -0.475. The number of hydrogen-bond acceptors (Lipinski definition) is 5. The van der Waals surface area contributed by atoms with Gasteiger partial charge in [0.2, 0.25) is 10.0 Å². The highest BCUT2D eigenvalue weighted by Crippen LogP contribution is 2.09. The lowest BCUT2D eigenvalue weighted by Gasteiger charge is -2.33. The van der Waals surface area contributed by atoms with Crippen LogP contribution in [0.4, 0.5) is 4.79 Å². The van der Waals surface area contributed by atoms with Crippen LogP contribution in [0.1, 0.15) is 22.8 Å². The van der Waals surface area contributed by atoms with Gasteiger partial charge in [-0.1, -0.05) is 17.7 Å². The topological polar surface area (TPSA) is 96.0 Å². The maximum atomic E-state index is 12.4. The number of piperazine rings is 1. The van der Waals surface area contributed by atoms with Crippen LogP contribution >= 0.6 is 0 Å². The predicted molar refractivity (Wildman–Crippen MR) is 97.5 cm³/mol. The summed E-state index contributed by atoms with van der Waals surface area (Å²) in [6, 6.07) is 7.06. The van der Waals surface area contributed by atoms with E-state index >= 15 is 0 Å². The van der Waals surface area contributed by atoms with Gasteiger partial charge in [0.1, 0.15) is 0 Å². The molecule has 1 heterocycles. The lowest BCUT2D eigenvalue weighted by atomic mass is 10.1. The molecule has 9 heteroatoms. The Kier molecular flexibility index (Phi) is 6.98. The molecule has 0 unspecified atom stereocenters. The first-order valence-corrected chi connectivity index (χ1v) is 10.2. The van der Waals surface area contributed by atoms with E-state index in [2.05, 4.69) is 5.32 Å². The standard InChI is InChI=1S/C17H25N3O5S/c1-3-25-17(22)19-9-11-20(12-10-19)26(23,24)13-8-18-16(21)15-6-4-14(2)5-7-15/h4-7H,3,8-13H2,1-2H3,(H,18,21). The maximum absolute atomic E-state index is 12.4. The van der Waals surface area contributed by atoms with Gasteiger partial charge in [0.15, 0.2) is 0 Å². The van der Waals surface area contributed by atoms with Gasteiger partial charge >= 0.3 is 6.09 Å². The molecule has 1 N–H and O–H groups in total. The van der Waals surface area contributed by atoms with E-state index in [4.69, 9.17) is 4.74 Å². The lowest BCUT2D eigenvalue weighted by Crippen LogP contribution is -2.51. The predicted octanol–water partition coefficient (Wildman–Crippen LogP) is 0.829. The van der Waals surface area contributed by atoms with Crippen molar-refractivity contribution in [2.75, 3.05) is 45.1 Å². The van der Waals surface area contributed by atoms with Crippen molar-refractivity contribution in [1.82, 2.24) is 14.5 Å². The highest BCUT2D eigenvalue weighted by molar-refractivity contribution is 7.89. The van der Waals surface area contributed by atoms with Gasteiger partial charge in [0.25, 0.3) is 5.91 Å². The van der Waals surface area contributed by atoms with Crippen LogP contribution in [-0.4, -0.2) is 74.7 Å². The molecule has 1 aromatic carbocycles. The summed E-state index contributed by atoms with van der Waals surface area (Å²) >= 11 is 0. The van der Waals surface area contributed by atoms with Crippen molar-refractivity contribution >= 4 is 22.0 Å². The third-order valence-electron chi connectivity index (χ3n) is 4.12. The highest BCUT2D eigenvalue weighted by Gasteiger charge is 2.29. The van der Waals surface area contributed by atoms with Gasteiger partial charge in [-0.2, -0.15) is 4.31 Å². The number of ether oxygens (including phenoxy) is 1. The minimum absolute atomic E-state index is 0.0349. The maximum Gasteiger partial charge on any atom is 0.409 e. The molecule has 1 aliphatic heterocycles. The normalized spacial score (nSPS) is 15.5. The summed E-state index contributed by atoms with van der Waals surface area (Å²) in [6.07, 6.45) is -0.421. The van der Waals surface area contributed by atoms with Crippen LogP contribution in [0, 0.1) is 6.92 Å². The molecular weight excluding hydrogens is 358 g/mol. The van der Waals surface area contributed by atoms with Crippen LogP contribution in [0.3, 0.4) is 0 Å². The zero-order chi connectivity index (χ0) is 19.2. The number of rotatable bonds is 6. The van der Waals surface area contributed by atoms with Crippen molar-refractivity contribution in [1.29, 1.82) is 0 Å². The first-order chi connectivity index (χ1) is 12.3. The first kappa shape index (κ1) is 20.2. The second kappa shape index (κ2) is 9.00. The van der Waals surface area contributed by atoms with Gasteiger partial charge in [0, 0.05) is 38.3 Å². The van der Waals surface area contributed by atoms with Gasteiger partial charge in [-0.05, 0) is 26.0 Å². The summed E-state index contributed by atoms with van der Waals surface area (Å²) in [5, 5.41) is 2.63. The summed E-state index contributed by atoms with van der Waals surface area (Å²) < 4.78 is 31.0. The van der Waals surface area contributed by atoms with Gasteiger partial charge in [-0.25, -0.2) is 13.2 Å². The molecule has 1 fully saturated rings. The van der Waals surface area contributed by atoms with Crippen molar-refractivity contribution in [3.05, 3.63) is 35.4 Å². The quantitative estimate of drug-likeness (QED) is 0.785. The van der Waals surface area contributed by atoms with Crippen LogP contribution in [-0.2, 0) is 14.8 Å². The van der Waals surface area contributed by atoms with Crippen molar-refractivity contribution in [2.24, 2.45) is 0 Å². The summed E-state index contributed by atoms with van der Waals surface area (Å²) in [4.78, 5) is 25.2. The fourth-order valence-corrected chi connectivity index (χ4v) is 3.93. The Balaban J connectivity index is 1.79. The van der Waals surface area contributed by atoms with Crippen LogP contribution < -0.4 is 5.32 Å².